The summed E-state index contributed by atoms with van der Waals surface area (Å²) in [6, 6.07) is -2.32. The largest absolute Gasteiger partial charge is 0.463 e. The normalized spacial score (nSPS) is 27.8. The summed E-state index contributed by atoms with van der Waals surface area (Å²) in [6.07, 6.45) is -18.2. The molecule has 0 amide bonds. The molecular weight excluding hydrogens is 718 g/mol. The van der Waals surface area contributed by atoms with Crippen LogP contribution in [-0.2, 0) is 85.7 Å². The van der Waals surface area contributed by atoms with E-state index in [2.05, 4.69) is 0 Å². The van der Waals surface area contributed by atoms with Gasteiger partial charge in [-0.2, -0.15) is 0 Å². The number of nitro groups is 1. The number of esters is 8. The fraction of sp³-hybridized carbons (Fsp3) is 0.750. The lowest BCUT2D eigenvalue weighted by Crippen LogP contribution is -2.68. The maximum atomic E-state index is 13.1. The Morgan fingerprint density at radius 1 is 0.585 bits per heavy atom. The maximum Gasteiger partial charge on any atom is 0.311 e. The maximum absolute atomic E-state index is 13.1. The number of carbonyl (C=O) groups excluding carboxylic acids is 8. The van der Waals surface area contributed by atoms with Crippen LogP contribution < -0.4 is 0 Å². The molecule has 21 nitrogen and oxygen atoms in total. The molecule has 2 heterocycles. The molecule has 0 saturated carbocycles. The molecule has 2 aliphatic rings. The van der Waals surface area contributed by atoms with Gasteiger partial charge in [0, 0.05) is 53.4 Å². The van der Waals surface area contributed by atoms with Crippen LogP contribution in [0.3, 0.4) is 0 Å². The lowest BCUT2D eigenvalue weighted by atomic mass is 9.87. The molecular formula is C32H45NO20. The Balaban J connectivity index is 2.86. The summed E-state index contributed by atoms with van der Waals surface area (Å²) >= 11 is 0. The fourth-order valence-corrected chi connectivity index (χ4v) is 5.68. The summed E-state index contributed by atoms with van der Waals surface area (Å²) < 4.78 is 54.8. The monoisotopic (exact) mass is 763 g/mol. The third kappa shape index (κ3) is 12.6. The van der Waals surface area contributed by atoms with Crippen LogP contribution in [0.15, 0.2) is 0 Å². The van der Waals surface area contributed by atoms with E-state index in [1.54, 1.807) is 0 Å². The first-order chi connectivity index (χ1) is 24.4. The first kappa shape index (κ1) is 44.2. The number of hydrogen-bond acceptors (Lipinski definition) is 20. The molecule has 2 aliphatic heterocycles. The van der Waals surface area contributed by atoms with Crippen molar-refractivity contribution in [1.82, 2.24) is 0 Å². The number of rotatable bonds is 14. The van der Waals surface area contributed by atoms with Gasteiger partial charge in [-0.1, -0.05) is 0 Å². The molecule has 21 heteroatoms. The Bertz CT molecular complexity index is 1420. The van der Waals surface area contributed by atoms with E-state index < -0.39 is 138 Å². The van der Waals surface area contributed by atoms with Crippen LogP contribution in [0.1, 0.15) is 69.2 Å². The summed E-state index contributed by atoms with van der Waals surface area (Å²) in [5.74, 6) is -7.65. The molecule has 1 unspecified atom stereocenters. The molecule has 0 N–H and O–H groups in total. The molecule has 0 bridgehead atoms. The summed E-state index contributed by atoms with van der Waals surface area (Å²) in [6.45, 7) is 9.89. The summed E-state index contributed by atoms with van der Waals surface area (Å²) in [5, 5.41) is 13.1. The van der Waals surface area contributed by atoms with E-state index in [-0.39, 0.29) is 0 Å². The highest BCUT2D eigenvalue weighted by atomic mass is 16.7. The zero-order chi connectivity index (χ0) is 40.5. The van der Waals surface area contributed by atoms with Gasteiger partial charge < -0.3 is 47.4 Å². The molecule has 0 aromatic carbocycles. The van der Waals surface area contributed by atoms with Crippen LogP contribution in [0.2, 0.25) is 0 Å². The molecule has 11 atom stereocenters. The van der Waals surface area contributed by atoms with E-state index in [0.29, 0.717) is 0 Å². The van der Waals surface area contributed by atoms with Crippen LogP contribution in [-0.4, -0.2) is 133 Å². The standard InChI is InChI=1S/C32H45NO20/c1-13(34)44-11-21-23(47-15(3)36)27(48-16(4)37)29(50-18(6)39)25(52-21)22(33(42)43)26-30(51-19(7)40)28(49-17(5)38)24(53-26)20(46-14(2)35)12-45-31(41)32(8,9)10/h20-30H,11-12H2,1-10H3/t20-,21-,22?,23-,24-,25+,26+,27+,28+,29+,30+/m1/s1. The quantitative estimate of drug-likeness (QED) is 0.0967. The average molecular weight is 764 g/mol. The average Bonchev–Trinajstić information content (AvgIpc) is 3.31. The number of hydrogen-bond donors (Lipinski definition) is 0. The molecule has 0 spiro atoms. The van der Waals surface area contributed by atoms with E-state index in [4.69, 9.17) is 47.4 Å². The number of ether oxygens (including phenoxy) is 10. The zero-order valence-corrected chi connectivity index (χ0v) is 30.9. The van der Waals surface area contributed by atoms with Gasteiger partial charge in [0.1, 0.15) is 25.4 Å². The van der Waals surface area contributed by atoms with Crippen molar-refractivity contribution in [2.75, 3.05) is 13.2 Å². The van der Waals surface area contributed by atoms with Crippen molar-refractivity contribution in [3.63, 3.8) is 0 Å². The molecule has 2 fully saturated rings. The van der Waals surface area contributed by atoms with Gasteiger partial charge in [0.2, 0.25) is 0 Å². The van der Waals surface area contributed by atoms with Gasteiger partial charge in [-0.25, -0.2) is 0 Å². The van der Waals surface area contributed by atoms with E-state index in [1.807, 2.05) is 0 Å². The smallest absolute Gasteiger partial charge is 0.311 e. The van der Waals surface area contributed by atoms with E-state index >= 15 is 0 Å². The van der Waals surface area contributed by atoms with Crippen LogP contribution in [0, 0.1) is 15.5 Å². The first-order valence-electron chi connectivity index (χ1n) is 16.2. The molecule has 298 valence electrons. The lowest BCUT2D eigenvalue weighted by Gasteiger charge is -2.45. The zero-order valence-electron chi connectivity index (χ0n) is 30.9. The second-order valence-electron chi connectivity index (χ2n) is 13.1. The van der Waals surface area contributed by atoms with Gasteiger partial charge in [-0.3, -0.25) is 48.5 Å². The van der Waals surface area contributed by atoms with Crippen LogP contribution in [0.25, 0.3) is 0 Å². The van der Waals surface area contributed by atoms with Gasteiger partial charge in [0.15, 0.2) is 48.8 Å². The van der Waals surface area contributed by atoms with Crippen molar-refractivity contribution in [3.05, 3.63) is 10.1 Å². The number of nitrogens with zero attached hydrogens (tertiary/aromatic N) is 1. The van der Waals surface area contributed by atoms with Crippen molar-refractivity contribution in [2.45, 2.75) is 136 Å². The van der Waals surface area contributed by atoms with E-state index in [0.717, 1.165) is 48.5 Å². The number of carbonyl (C=O) groups is 8. The predicted octanol–water partition coefficient (Wildman–Crippen LogP) is -0.0909. The van der Waals surface area contributed by atoms with Crippen molar-refractivity contribution in [2.24, 2.45) is 5.41 Å². The van der Waals surface area contributed by atoms with Gasteiger partial charge in [0.25, 0.3) is 6.04 Å². The highest BCUT2D eigenvalue weighted by Crippen LogP contribution is 2.39. The first-order valence-corrected chi connectivity index (χ1v) is 16.2. The molecule has 0 radical (unpaired) electrons. The molecule has 0 aromatic heterocycles. The predicted molar refractivity (Wildman–Crippen MR) is 168 cm³/mol. The minimum absolute atomic E-state index is 0.722. The van der Waals surface area contributed by atoms with E-state index in [1.165, 1.54) is 20.8 Å². The third-order valence-electron chi connectivity index (χ3n) is 7.51. The second kappa shape index (κ2) is 18.7. The Hall–Kier alpha value is -4.92. The van der Waals surface area contributed by atoms with Gasteiger partial charge in [0.05, 0.1) is 5.41 Å². The van der Waals surface area contributed by atoms with Gasteiger partial charge >= 0.3 is 47.8 Å². The summed E-state index contributed by atoms with van der Waals surface area (Å²) in [4.78, 5) is 111. The Morgan fingerprint density at radius 3 is 1.42 bits per heavy atom. The second-order valence-corrected chi connectivity index (χ2v) is 13.1. The molecule has 0 aliphatic carbocycles. The van der Waals surface area contributed by atoms with Crippen LogP contribution >= 0.6 is 0 Å². The molecule has 2 saturated heterocycles. The van der Waals surface area contributed by atoms with Gasteiger partial charge in [-0.15, -0.1) is 0 Å². The SMILES string of the molecule is CC(=O)OC[C@H]1O[C@@H](C([C@@H]2O[C@H]([C@@H](COC(=O)C(C)(C)C)OC(C)=O)[C@H](OC(C)=O)[C@H]2OC(C)=O)[N+](=O)[O-])[C@H](OC(C)=O)[C@@H](OC(C)=O)[C@@H]1OC(C)=O. The highest BCUT2D eigenvalue weighted by molar-refractivity contribution is 5.75. The Labute approximate surface area is 303 Å². The molecule has 2 rings (SSSR count). The van der Waals surface area contributed by atoms with Crippen molar-refractivity contribution < 1.29 is 90.6 Å². The van der Waals surface area contributed by atoms with Crippen LogP contribution in [0.5, 0.6) is 0 Å². The lowest BCUT2D eigenvalue weighted by molar-refractivity contribution is -0.556. The topological polar surface area (TPSA) is 272 Å². The summed E-state index contributed by atoms with van der Waals surface area (Å²) in [7, 11) is 0. The minimum Gasteiger partial charge on any atom is -0.463 e. The van der Waals surface area contributed by atoms with Gasteiger partial charge in [-0.05, 0) is 20.8 Å². The molecule has 53 heavy (non-hydrogen) atoms. The van der Waals surface area contributed by atoms with Crippen molar-refractivity contribution in [3.8, 4) is 0 Å². The van der Waals surface area contributed by atoms with Crippen molar-refractivity contribution in [1.29, 1.82) is 0 Å². The third-order valence-corrected chi connectivity index (χ3v) is 7.51. The van der Waals surface area contributed by atoms with E-state index in [9.17, 15) is 48.5 Å². The minimum atomic E-state index is -2.32. The Morgan fingerprint density at radius 2 is 1.00 bits per heavy atom. The summed E-state index contributed by atoms with van der Waals surface area (Å²) in [5.41, 5.74) is -1.04. The van der Waals surface area contributed by atoms with Crippen LogP contribution in [0.4, 0.5) is 0 Å². The highest BCUT2D eigenvalue weighted by Gasteiger charge is 2.65. The molecule has 0 aromatic rings. The fourth-order valence-electron chi connectivity index (χ4n) is 5.68. The van der Waals surface area contributed by atoms with Crippen molar-refractivity contribution >= 4 is 47.8 Å². The Kier molecular flexibility index (Phi) is 15.6.